The highest BCUT2D eigenvalue weighted by Gasteiger charge is 2.12. The predicted octanol–water partition coefficient (Wildman–Crippen LogP) is 2.39. The van der Waals surface area contributed by atoms with Gasteiger partial charge >= 0.3 is 0 Å². The summed E-state index contributed by atoms with van der Waals surface area (Å²) in [6.07, 6.45) is -0.907. The summed E-state index contributed by atoms with van der Waals surface area (Å²) < 4.78 is 18.7. The van der Waals surface area contributed by atoms with E-state index < -0.39 is 11.9 Å². The summed E-state index contributed by atoms with van der Waals surface area (Å²) in [6, 6.07) is 12.5. The van der Waals surface area contributed by atoms with Crippen LogP contribution >= 0.6 is 0 Å². The number of hydrogen-bond acceptors (Lipinski definition) is 4. The Morgan fingerprint density at radius 3 is 2.70 bits per heavy atom. The van der Waals surface area contributed by atoms with Gasteiger partial charge in [-0.1, -0.05) is 18.2 Å². The molecule has 5 heteroatoms. The number of nitrogens with two attached hydrogens (primary N) is 1. The fourth-order valence-electron chi connectivity index (χ4n) is 1.76. The quantitative estimate of drug-likeness (QED) is 0.837. The van der Waals surface area contributed by atoms with E-state index in [1.165, 1.54) is 12.1 Å². The molecule has 2 aromatic rings. The molecule has 0 bridgehead atoms. The zero-order valence-corrected chi connectivity index (χ0v) is 10.6. The first-order chi connectivity index (χ1) is 9.61. The van der Waals surface area contributed by atoms with E-state index in [0.29, 0.717) is 11.3 Å². The second-order valence-electron chi connectivity index (χ2n) is 4.21. The van der Waals surface area contributed by atoms with Crippen LogP contribution in [0.5, 0.6) is 5.75 Å². The van der Waals surface area contributed by atoms with Gasteiger partial charge in [0, 0.05) is 17.3 Å². The van der Waals surface area contributed by atoms with Gasteiger partial charge in [0.1, 0.15) is 30.3 Å². The number of nitriles is 1. The molecule has 4 nitrogen and oxygen atoms in total. The minimum atomic E-state index is -0.907. The van der Waals surface area contributed by atoms with Gasteiger partial charge in [0.2, 0.25) is 0 Å². The molecule has 0 saturated carbocycles. The van der Waals surface area contributed by atoms with E-state index in [9.17, 15) is 9.50 Å². The van der Waals surface area contributed by atoms with Crippen molar-refractivity contribution >= 4 is 5.69 Å². The van der Waals surface area contributed by atoms with E-state index in [0.717, 1.165) is 6.07 Å². The van der Waals surface area contributed by atoms with Gasteiger partial charge < -0.3 is 15.6 Å². The second-order valence-corrected chi connectivity index (χ2v) is 4.21. The van der Waals surface area contributed by atoms with Gasteiger partial charge in [0.25, 0.3) is 0 Å². The van der Waals surface area contributed by atoms with Gasteiger partial charge in [-0.15, -0.1) is 0 Å². The first kappa shape index (κ1) is 13.8. The molecular formula is C15H13FN2O2. The van der Waals surface area contributed by atoms with Crippen molar-refractivity contribution in [2.24, 2.45) is 0 Å². The van der Waals surface area contributed by atoms with Crippen LogP contribution in [0, 0.1) is 17.1 Å². The monoisotopic (exact) mass is 272 g/mol. The highest BCUT2D eigenvalue weighted by Crippen LogP contribution is 2.22. The number of aliphatic hydroxyl groups is 1. The average Bonchev–Trinajstić information content (AvgIpc) is 2.45. The zero-order valence-electron chi connectivity index (χ0n) is 10.6. The summed E-state index contributed by atoms with van der Waals surface area (Å²) in [7, 11) is 0. The van der Waals surface area contributed by atoms with E-state index in [1.54, 1.807) is 30.3 Å². The Bertz CT molecular complexity index is 653. The highest BCUT2D eigenvalue weighted by molar-refractivity contribution is 5.47. The van der Waals surface area contributed by atoms with Crippen molar-refractivity contribution in [2.45, 2.75) is 6.10 Å². The molecule has 0 spiro atoms. The molecule has 0 aliphatic rings. The molecule has 0 aliphatic heterocycles. The van der Waals surface area contributed by atoms with Crippen molar-refractivity contribution in [2.75, 3.05) is 12.3 Å². The second kappa shape index (κ2) is 6.04. The maximum absolute atomic E-state index is 13.4. The molecule has 3 N–H and O–H groups in total. The maximum Gasteiger partial charge on any atom is 0.144 e. The standard InChI is InChI=1S/C15H13FN2O2/c16-13-7-11(6-5-10(13)8-17)20-9-15(19)12-3-1-2-4-14(12)18/h1-7,15,19H,9,18H2. The number of aliphatic hydroxyl groups excluding tert-OH is 1. The summed E-state index contributed by atoms with van der Waals surface area (Å²) in [5, 5.41) is 18.6. The molecule has 0 fully saturated rings. The Morgan fingerprint density at radius 2 is 2.05 bits per heavy atom. The number of nitrogen functional groups attached to an aromatic ring is 1. The van der Waals surface area contributed by atoms with E-state index in [4.69, 9.17) is 15.7 Å². The summed E-state index contributed by atoms with van der Waals surface area (Å²) in [5.74, 6) is -0.409. The van der Waals surface area contributed by atoms with E-state index in [1.807, 2.05) is 0 Å². The smallest absolute Gasteiger partial charge is 0.144 e. The minimum absolute atomic E-state index is 0.0507. The lowest BCUT2D eigenvalue weighted by Crippen LogP contribution is -2.11. The molecule has 1 unspecified atom stereocenters. The van der Waals surface area contributed by atoms with Crippen LogP contribution in [0.3, 0.4) is 0 Å². The van der Waals surface area contributed by atoms with Crippen molar-refractivity contribution in [1.29, 1.82) is 5.26 Å². The molecule has 0 radical (unpaired) electrons. The fourth-order valence-corrected chi connectivity index (χ4v) is 1.76. The fraction of sp³-hybridized carbons (Fsp3) is 0.133. The third-order valence-corrected chi connectivity index (χ3v) is 2.82. The molecule has 20 heavy (non-hydrogen) atoms. The van der Waals surface area contributed by atoms with Crippen LogP contribution in [0.1, 0.15) is 17.2 Å². The Balaban J connectivity index is 2.04. The molecule has 102 valence electrons. The molecule has 0 amide bonds. The third kappa shape index (κ3) is 3.05. The van der Waals surface area contributed by atoms with Crippen molar-refractivity contribution in [3.8, 4) is 11.8 Å². The van der Waals surface area contributed by atoms with Gasteiger partial charge in [-0.25, -0.2) is 4.39 Å². The Labute approximate surface area is 115 Å². The van der Waals surface area contributed by atoms with Crippen molar-refractivity contribution in [3.05, 3.63) is 59.4 Å². The van der Waals surface area contributed by atoms with Gasteiger partial charge in [-0.2, -0.15) is 5.26 Å². The Hall–Kier alpha value is -2.58. The summed E-state index contributed by atoms with van der Waals surface area (Å²) in [5.41, 5.74) is 6.71. The molecule has 0 aliphatic carbocycles. The molecule has 1 atom stereocenters. The van der Waals surface area contributed by atoms with Crippen LogP contribution in [0.2, 0.25) is 0 Å². The van der Waals surface area contributed by atoms with Crippen LogP contribution in [0.4, 0.5) is 10.1 Å². The normalized spacial score (nSPS) is 11.7. The Kier molecular flexibility index (Phi) is 4.18. The maximum atomic E-state index is 13.4. The number of para-hydroxylation sites is 1. The molecule has 0 saturated heterocycles. The lowest BCUT2D eigenvalue weighted by Gasteiger charge is -2.14. The van der Waals surface area contributed by atoms with E-state index in [2.05, 4.69) is 0 Å². The minimum Gasteiger partial charge on any atom is -0.490 e. The Morgan fingerprint density at radius 1 is 1.30 bits per heavy atom. The van der Waals surface area contributed by atoms with E-state index >= 15 is 0 Å². The van der Waals surface area contributed by atoms with Crippen molar-refractivity contribution < 1.29 is 14.2 Å². The molecule has 0 heterocycles. The molecule has 0 aromatic heterocycles. The number of nitrogens with zero attached hydrogens (tertiary/aromatic N) is 1. The molecule has 2 aromatic carbocycles. The van der Waals surface area contributed by atoms with Crippen molar-refractivity contribution in [1.82, 2.24) is 0 Å². The number of rotatable bonds is 4. The summed E-state index contributed by atoms with van der Waals surface area (Å²) in [6.45, 7) is -0.0560. The number of benzene rings is 2. The first-order valence-corrected chi connectivity index (χ1v) is 5.96. The lowest BCUT2D eigenvalue weighted by atomic mass is 10.1. The first-order valence-electron chi connectivity index (χ1n) is 5.96. The van der Waals surface area contributed by atoms with Gasteiger partial charge in [0.05, 0.1) is 5.56 Å². The van der Waals surface area contributed by atoms with Crippen LogP contribution < -0.4 is 10.5 Å². The largest absolute Gasteiger partial charge is 0.490 e. The number of ether oxygens (including phenoxy) is 1. The number of halogens is 1. The van der Waals surface area contributed by atoms with Crippen LogP contribution in [0.25, 0.3) is 0 Å². The van der Waals surface area contributed by atoms with Gasteiger partial charge in [-0.3, -0.25) is 0 Å². The topological polar surface area (TPSA) is 79.3 Å². The predicted molar refractivity (Wildman–Crippen MR) is 72.4 cm³/mol. The summed E-state index contributed by atoms with van der Waals surface area (Å²) in [4.78, 5) is 0. The van der Waals surface area contributed by atoms with Gasteiger partial charge in [-0.05, 0) is 18.2 Å². The van der Waals surface area contributed by atoms with Crippen LogP contribution in [0.15, 0.2) is 42.5 Å². The lowest BCUT2D eigenvalue weighted by molar-refractivity contribution is 0.108. The van der Waals surface area contributed by atoms with Crippen molar-refractivity contribution in [3.63, 3.8) is 0 Å². The van der Waals surface area contributed by atoms with Crippen LogP contribution in [-0.2, 0) is 0 Å². The van der Waals surface area contributed by atoms with Crippen LogP contribution in [-0.4, -0.2) is 11.7 Å². The van der Waals surface area contributed by atoms with Gasteiger partial charge in [0.15, 0.2) is 0 Å². The SMILES string of the molecule is N#Cc1ccc(OCC(O)c2ccccc2N)cc1F. The zero-order chi connectivity index (χ0) is 14.5. The number of anilines is 1. The molecule has 2 rings (SSSR count). The summed E-state index contributed by atoms with van der Waals surface area (Å²) >= 11 is 0. The van der Waals surface area contributed by atoms with E-state index in [-0.39, 0.29) is 17.9 Å². The third-order valence-electron chi connectivity index (χ3n) is 2.82. The molecular weight excluding hydrogens is 259 g/mol. The number of hydrogen-bond donors (Lipinski definition) is 2. The highest BCUT2D eigenvalue weighted by atomic mass is 19.1. The average molecular weight is 272 g/mol.